The van der Waals surface area contributed by atoms with E-state index in [-0.39, 0.29) is 29.8 Å². The van der Waals surface area contributed by atoms with Crippen molar-refractivity contribution in [3.63, 3.8) is 0 Å². The summed E-state index contributed by atoms with van der Waals surface area (Å²) in [7, 11) is 1.83. The molecule has 0 spiro atoms. The van der Waals surface area contributed by atoms with Gasteiger partial charge >= 0.3 is 0 Å². The molecule has 0 heterocycles. The van der Waals surface area contributed by atoms with Gasteiger partial charge in [0.25, 0.3) is 5.91 Å². The Morgan fingerprint density at radius 1 is 1.07 bits per heavy atom. The largest absolute Gasteiger partial charge is 0.343 e. The van der Waals surface area contributed by atoms with Crippen molar-refractivity contribution < 1.29 is 9.59 Å². The predicted molar refractivity (Wildman–Crippen MR) is 119 cm³/mol. The summed E-state index contributed by atoms with van der Waals surface area (Å²) in [6.07, 6.45) is 3.71. The smallest absolute Gasteiger partial charge is 0.251 e. The monoisotopic (exact) mass is 408 g/mol. The summed E-state index contributed by atoms with van der Waals surface area (Å²) in [5, 5.41) is 2.73. The van der Waals surface area contributed by atoms with Gasteiger partial charge in [0.15, 0.2) is 0 Å². The van der Waals surface area contributed by atoms with Gasteiger partial charge in [0.05, 0.1) is 6.54 Å². The Morgan fingerprint density at radius 3 is 2.40 bits per heavy atom. The number of carbonyl (C=O) groups excluding carboxylic acids is 2. The van der Waals surface area contributed by atoms with Gasteiger partial charge in [-0.05, 0) is 48.9 Å². The van der Waals surface area contributed by atoms with Crippen molar-refractivity contribution >= 4 is 11.8 Å². The van der Waals surface area contributed by atoms with Crippen LogP contribution in [0.3, 0.4) is 0 Å². The summed E-state index contributed by atoms with van der Waals surface area (Å²) in [5.74, 6) is -0.342. The summed E-state index contributed by atoms with van der Waals surface area (Å²) < 4.78 is 0. The highest BCUT2D eigenvalue weighted by Crippen LogP contribution is 2.39. The minimum Gasteiger partial charge on any atom is -0.343 e. The number of amides is 2. The van der Waals surface area contributed by atoms with Crippen molar-refractivity contribution in [2.45, 2.75) is 43.7 Å². The van der Waals surface area contributed by atoms with E-state index in [4.69, 9.17) is 11.5 Å². The lowest BCUT2D eigenvalue weighted by Gasteiger charge is -2.42. The van der Waals surface area contributed by atoms with Crippen molar-refractivity contribution in [2.24, 2.45) is 11.5 Å². The normalized spacial score (nSPS) is 21.1. The number of benzene rings is 2. The van der Waals surface area contributed by atoms with Gasteiger partial charge < -0.3 is 21.7 Å². The van der Waals surface area contributed by atoms with E-state index in [0.717, 1.165) is 31.2 Å². The Labute approximate surface area is 178 Å². The molecule has 0 aromatic heterocycles. The Balaban J connectivity index is 1.53. The lowest BCUT2D eigenvalue weighted by Crippen LogP contribution is -2.48. The summed E-state index contributed by atoms with van der Waals surface area (Å²) in [5.41, 5.74) is 14.5. The van der Waals surface area contributed by atoms with Gasteiger partial charge in [-0.1, -0.05) is 42.5 Å². The van der Waals surface area contributed by atoms with Crippen LogP contribution in [0.4, 0.5) is 0 Å². The standard InChI is InChI=1S/C24H32N4O2/c1-28(22(29)16-27-23(30)19-7-5-6-18(14-19)15-25)21-10-12-24(17-26,13-11-21)20-8-3-2-4-9-20/h2-9,14,21H,10-13,15-17,25-26H2,1H3,(H,27,30). The fourth-order valence-electron chi connectivity index (χ4n) is 4.37. The second-order valence-electron chi connectivity index (χ2n) is 8.17. The molecule has 6 heteroatoms. The second kappa shape index (κ2) is 9.87. The SMILES string of the molecule is CN(C(=O)CNC(=O)c1cccc(CN)c1)C1CCC(CN)(c2ccccc2)CC1. The molecule has 30 heavy (non-hydrogen) atoms. The van der Waals surface area contributed by atoms with Crippen LogP contribution in [-0.2, 0) is 16.8 Å². The van der Waals surface area contributed by atoms with E-state index >= 15 is 0 Å². The van der Waals surface area contributed by atoms with Crippen LogP contribution < -0.4 is 16.8 Å². The van der Waals surface area contributed by atoms with Crippen molar-refractivity contribution in [3.05, 3.63) is 71.3 Å². The zero-order valence-electron chi connectivity index (χ0n) is 17.6. The van der Waals surface area contributed by atoms with Crippen LogP contribution in [0.25, 0.3) is 0 Å². The zero-order chi connectivity index (χ0) is 21.6. The maximum absolute atomic E-state index is 12.7. The predicted octanol–water partition coefficient (Wildman–Crippen LogP) is 2.17. The van der Waals surface area contributed by atoms with E-state index in [0.29, 0.717) is 18.7 Å². The van der Waals surface area contributed by atoms with E-state index < -0.39 is 0 Å². The molecule has 2 aromatic carbocycles. The molecule has 5 N–H and O–H groups in total. The Kier molecular flexibility index (Phi) is 7.24. The highest BCUT2D eigenvalue weighted by atomic mass is 16.2. The van der Waals surface area contributed by atoms with Crippen molar-refractivity contribution in [3.8, 4) is 0 Å². The molecule has 1 fully saturated rings. The molecule has 0 unspecified atom stereocenters. The van der Waals surface area contributed by atoms with Crippen molar-refractivity contribution in [1.29, 1.82) is 0 Å². The zero-order valence-corrected chi connectivity index (χ0v) is 17.6. The van der Waals surface area contributed by atoms with E-state index in [1.54, 1.807) is 23.1 Å². The van der Waals surface area contributed by atoms with Gasteiger partial charge in [0.2, 0.25) is 5.91 Å². The molecule has 0 saturated heterocycles. The number of nitrogens with one attached hydrogen (secondary N) is 1. The minimum absolute atomic E-state index is 0.0100. The van der Waals surface area contributed by atoms with E-state index in [1.165, 1.54) is 5.56 Å². The highest BCUT2D eigenvalue weighted by Gasteiger charge is 2.37. The van der Waals surface area contributed by atoms with E-state index in [1.807, 2.05) is 19.2 Å². The first-order valence-electron chi connectivity index (χ1n) is 10.6. The van der Waals surface area contributed by atoms with Gasteiger partial charge in [-0.25, -0.2) is 0 Å². The van der Waals surface area contributed by atoms with Gasteiger partial charge in [-0.2, -0.15) is 0 Å². The van der Waals surface area contributed by atoms with Crippen LogP contribution in [0.2, 0.25) is 0 Å². The fourth-order valence-corrected chi connectivity index (χ4v) is 4.37. The molecule has 6 nitrogen and oxygen atoms in total. The first kappa shape index (κ1) is 22.0. The summed E-state index contributed by atoms with van der Waals surface area (Å²) in [6.45, 7) is 0.969. The maximum Gasteiger partial charge on any atom is 0.251 e. The molecule has 0 atom stereocenters. The molecule has 0 radical (unpaired) electrons. The van der Waals surface area contributed by atoms with Crippen LogP contribution in [0, 0.1) is 0 Å². The molecule has 3 rings (SSSR count). The number of nitrogens with two attached hydrogens (primary N) is 2. The van der Waals surface area contributed by atoms with Crippen molar-refractivity contribution in [2.75, 3.05) is 20.1 Å². The fraction of sp³-hybridized carbons (Fsp3) is 0.417. The molecular weight excluding hydrogens is 376 g/mol. The third kappa shape index (κ3) is 4.89. The van der Waals surface area contributed by atoms with Gasteiger partial charge in [0.1, 0.15) is 0 Å². The van der Waals surface area contributed by atoms with Crippen LogP contribution in [0.15, 0.2) is 54.6 Å². The molecule has 160 valence electrons. The second-order valence-corrected chi connectivity index (χ2v) is 8.17. The molecule has 1 aliphatic carbocycles. The first-order chi connectivity index (χ1) is 14.5. The number of carbonyl (C=O) groups is 2. The number of hydrogen-bond donors (Lipinski definition) is 3. The molecule has 0 bridgehead atoms. The lowest BCUT2D eigenvalue weighted by molar-refractivity contribution is -0.131. The van der Waals surface area contributed by atoms with Crippen LogP contribution >= 0.6 is 0 Å². The van der Waals surface area contributed by atoms with E-state index in [2.05, 4.69) is 29.6 Å². The Morgan fingerprint density at radius 2 is 1.77 bits per heavy atom. The summed E-state index contributed by atoms with van der Waals surface area (Å²) in [4.78, 5) is 26.8. The first-order valence-corrected chi connectivity index (χ1v) is 10.6. The molecular formula is C24H32N4O2. The highest BCUT2D eigenvalue weighted by molar-refractivity contribution is 5.96. The van der Waals surface area contributed by atoms with Crippen LogP contribution in [-0.4, -0.2) is 42.9 Å². The molecule has 1 saturated carbocycles. The van der Waals surface area contributed by atoms with Gasteiger partial charge in [-0.3, -0.25) is 9.59 Å². The van der Waals surface area contributed by atoms with Gasteiger partial charge in [-0.15, -0.1) is 0 Å². The number of nitrogens with zero attached hydrogens (tertiary/aromatic N) is 1. The number of hydrogen-bond acceptors (Lipinski definition) is 4. The molecule has 0 aliphatic heterocycles. The quantitative estimate of drug-likeness (QED) is 0.653. The van der Waals surface area contributed by atoms with Crippen molar-refractivity contribution in [1.82, 2.24) is 10.2 Å². The third-order valence-electron chi connectivity index (χ3n) is 6.46. The summed E-state index contributed by atoms with van der Waals surface area (Å²) >= 11 is 0. The lowest BCUT2D eigenvalue weighted by atomic mass is 9.68. The number of likely N-dealkylation sites (N-methyl/N-ethyl adjacent to an activating group) is 1. The molecule has 2 aromatic rings. The number of rotatable bonds is 7. The van der Waals surface area contributed by atoms with Gasteiger partial charge in [0, 0.05) is 37.2 Å². The molecule has 1 aliphatic rings. The van der Waals surface area contributed by atoms with E-state index in [9.17, 15) is 9.59 Å². The third-order valence-corrected chi connectivity index (χ3v) is 6.46. The average Bonchev–Trinajstić information content (AvgIpc) is 2.82. The molecule has 2 amide bonds. The average molecular weight is 409 g/mol. The summed E-state index contributed by atoms with van der Waals surface area (Å²) in [6, 6.07) is 17.7. The Hall–Kier alpha value is -2.70. The Bertz CT molecular complexity index is 861. The maximum atomic E-state index is 12.7. The topological polar surface area (TPSA) is 101 Å². The minimum atomic E-state index is -0.262. The van der Waals surface area contributed by atoms with Crippen LogP contribution in [0.5, 0.6) is 0 Å². The van der Waals surface area contributed by atoms with Crippen LogP contribution in [0.1, 0.15) is 47.2 Å².